The molecular weight excluding hydrogens is 1140 g/mol. The van der Waals surface area contributed by atoms with E-state index >= 15 is 0 Å². The summed E-state index contributed by atoms with van der Waals surface area (Å²) in [6.07, 6.45) is 2.15. The Bertz CT molecular complexity index is 3350. The second-order valence-electron chi connectivity index (χ2n) is 24.9. The van der Waals surface area contributed by atoms with E-state index in [2.05, 4.69) is 280 Å². The minimum atomic E-state index is -1.45. The fourth-order valence-electron chi connectivity index (χ4n) is 10.4. The predicted octanol–water partition coefficient (Wildman–Crippen LogP) is 17.6. The SMILES string of the molecule is CCc1cc2c(-c3cc([Si](C)(C)C)cc([Si](C)(C)C)c3)c(-c3ccccc3)ccc2[cH-]1.CCc1cc2c(-c3cc([Si](C)(C)C)cc([Si](C)(C)C)c3)c(-c3ccccc3)ccc2[cH-]1.[Cl][Zr][Cl].[c-]1cccc2c1[Si]c1ccccc1-2. The van der Waals surface area contributed by atoms with Gasteiger partial charge in [0.2, 0.25) is 0 Å². The first kappa shape index (κ1) is 59.6. The largest absolute Gasteiger partial charge is 0.184 e. The predicted molar refractivity (Wildman–Crippen MR) is 359 cm³/mol. The van der Waals surface area contributed by atoms with Crippen LogP contribution in [0.4, 0.5) is 0 Å². The van der Waals surface area contributed by atoms with Gasteiger partial charge in [-0.05, 0) is 46.2 Å². The second kappa shape index (κ2) is 25.1. The summed E-state index contributed by atoms with van der Waals surface area (Å²) in [7, 11) is 4.86. The summed E-state index contributed by atoms with van der Waals surface area (Å²) in [5, 5.41) is 14.6. The van der Waals surface area contributed by atoms with Crippen molar-refractivity contribution in [2.75, 3.05) is 0 Å². The van der Waals surface area contributed by atoms with E-state index in [0.29, 0.717) is 0 Å². The molecule has 0 atom stereocenters. The zero-order chi connectivity index (χ0) is 56.2. The molecule has 0 N–H and O–H groups in total. The van der Waals surface area contributed by atoms with Gasteiger partial charge in [0, 0.05) is 0 Å². The molecule has 0 aliphatic carbocycles. The molecule has 0 aromatic heterocycles. The van der Waals surface area contributed by atoms with Crippen molar-refractivity contribution in [2.24, 2.45) is 0 Å². The van der Waals surface area contributed by atoms with Gasteiger partial charge < -0.3 is 0 Å². The molecular formula is C70H77Cl2Si5Zr-3. The molecule has 398 valence electrons. The molecule has 1 heterocycles. The number of hydrogen-bond donors (Lipinski definition) is 0. The Morgan fingerprint density at radius 2 is 0.782 bits per heavy atom. The Balaban J connectivity index is 0.000000161. The van der Waals surface area contributed by atoms with Crippen LogP contribution in [0, 0.1) is 6.07 Å². The van der Waals surface area contributed by atoms with Crippen molar-refractivity contribution in [3.63, 3.8) is 0 Å². The summed E-state index contributed by atoms with van der Waals surface area (Å²) < 4.78 is 0. The van der Waals surface area contributed by atoms with E-state index in [0.717, 1.165) is 22.4 Å². The van der Waals surface area contributed by atoms with Crippen molar-refractivity contribution in [3.05, 3.63) is 205 Å². The monoisotopic (exact) mass is 1220 g/mol. The molecule has 10 aromatic carbocycles. The first-order chi connectivity index (χ1) is 37.0. The molecule has 0 bridgehead atoms. The number of aryl methyl sites for hydroxylation is 2. The van der Waals surface area contributed by atoms with Crippen molar-refractivity contribution in [3.8, 4) is 55.6 Å². The van der Waals surface area contributed by atoms with Crippen molar-refractivity contribution in [1.82, 2.24) is 0 Å². The van der Waals surface area contributed by atoms with Gasteiger partial charge in [0.05, 0.1) is 41.8 Å². The minimum absolute atomic E-state index is 0.795. The number of rotatable bonds is 10. The van der Waals surface area contributed by atoms with Gasteiger partial charge in [-0.25, -0.2) is 0 Å². The van der Waals surface area contributed by atoms with Gasteiger partial charge in [0.25, 0.3) is 0 Å². The maximum absolute atomic E-state index is 4.93. The molecule has 11 rings (SSSR count). The Morgan fingerprint density at radius 1 is 0.410 bits per heavy atom. The fourth-order valence-corrected chi connectivity index (χ4v) is 16.7. The van der Waals surface area contributed by atoms with Crippen LogP contribution in [0.2, 0.25) is 78.6 Å². The van der Waals surface area contributed by atoms with Gasteiger partial charge >= 0.3 is 37.9 Å². The van der Waals surface area contributed by atoms with E-state index in [9.17, 15) is 0 Å². The third kappa shape index (κ3) is 14.0. The van der Waals surface area contributed by atoms with Crippen LogP contribution in [0.25, 0.3) is 77.2 Å². The van der Waals surface area contributed by atoms with Gasteiger partial charge in [-0.1, -0.05) is 268 Å². The molecule has 1 aliphatic rings. The molecule has 0 fully saturated rings. The van der Waals surface area contributed by atoms with Gasteiger partial charge in [0.1, 0.15) is 0 Å². The maximum atomic E-state index is 4.93. The zero-order valence-electron chi connectivity index (χ0n) is 48.6. The molecule has 1 aliphatic heterocycles. The van der Waals surface area contributed by atoms with Crippen LogP contribution in [-0.2, 0) is 33.7 Å². The number of hydrogen-bond acceptors (Lipinski definition) is 0. The minimum Gasteiger partial charge on any atom is -0.184 e. The molecule has 10 aromatic rings. The summed E-state index contributed by atoms with van der Waals surface area (Å²) in [5.41, 5.74) is 16.5. The molecule has 0 unspecified atom stereocenters. The van der Waals surface area contributed by atoms with Crippen LogP contribution in [-0.4, -0.2) is 41.8 Å². The third-order valence-corrected chi connectivity index (χ3v) is 24.6. The van der Waals surface area contributed by atoms with E-state index < -0.39 is 53.1 Å². The van der Waals surface area contributed by atoms with Crippen LogP contribution in [0.15, 0.2) is 188 Å². The summed E-state index contributed by atoms with van der Waals surface area (Å²) in [5.74, 6) is 0. The first-order valence-corrected chi connectivity index (χ1v) is 49.1. The van der Waals surface area contributed by atoms with Crippen LogP contribution < -0.4 is 31.1 Å². The van der Waals surface area contributed by atoms with Crippen LogP contribution in [0.5, 0.6) is 0 Å². The van der Waals surface area contributed by atoms with Crippen LogP contribution >= 0.6 is 17.0 Å². The van der Waals surface area contributed by atoms with Crippen LogP contribution in [0.3, 0.4) is 0 Å². The number of benzene rings is 8. The molecule has 78 heavy (non-hydrogen) atoms. The average Bonchev–Trinajstić information content (AvgIpc) is 4.28. The standard InChI is InChI=1S/2C29H35Si2.C12H7Si.2ClH.Zr/c2*1-8-21-16-23-14-15-27(22-12-10-9-11-13-22)29(28(23)17-21)24-18-25(30(2,3)4)20-26(19-24)31(5,6)7;1-3-7-11-9(5-1)10-6-2-4-8-12(10)13-11;;;/h2*9-20H,8H2,1-7H3;1-7H;2*1H;/q3*-1;;;+2/p-2. The molecule has 0 saturated heterocycles. The molecule has 0 amide bonds. The molecule has 0 nitrogen and oxygen atoms in total. The third-order valence-electron chi connectivity index (χ3n) is 15.1. The Morgan fingerprint density at radius 3 is 1.17 bits per heavy atom. The second-order valence-corrected chi connectivity index (χ2v) is 50.3. The normalized spacial score (nSPS) is 12.2. The van der Waals surface area contributed by atoms with Crippen molar-refractivity contribution in [1.29, 1.82) is 0 Å². The smallest absolute Gasteiger partial charge is 0.0920 e. The quantitative estimate of drug-likeness (QED) is 0.0946. The topological polar surface area (TPSA) is 0 Å². The summed E-state index contributed by atoms with van der Waals surface area (Å²) in [6.45, 7) is 34.1. The average molecular weight is 1220 g/mol. The summed E-state index contributed by atoms with van der Waals surface area (Å²) in [4.78, 5) is 0. The number of fused-ring (bicyclic) bond motifs is 5. The Kier molecular flexibility index (Phi) is 19.2. The zero-order valence-corrected chi connectivity index (χ0v) is 57.5. The van der Waals surface area contributed by atoms with Crippen molar-refractivity contribution in [2.45, 2.75) is 105 Å². The van der Waals surface area contributed by atoms with E-state index in [4.69, 9.17) is 17.0 Å². The summed E-state index contributed by atoms with van der Waals surface area (Å²) in [6, 6.07) is 73.9. The number of halogens is 2. The van der Waals surface area contributed by atoms with Gasteiger partial charge in [-0.15, -0.1) is 62.5 Å². The van der Waals surface area contributed by atoms with Gasteiger partial charge in [0.15, 0.2) is 0 Å². The van der Waals surface area contributed by atoms with Gasteiger partial charge in [-0.3, -0.25) is 0 Å². The van der Waals surface area contributed by atoms with Crippen molar-refractivity contribution >= 4 is 112 Å². The van der Waals surface area contributed by atoms with E-state index in [1.165, 1.54) is 98.7 Å². The molecule has 2 radical (unpaired) electrons. The summed E-state index contributed by atoms with van der Waals surface area (Å²) >= 11 is -0.826. The Hall–Kier alpha value is -4.47. The fraction of sp³-hybridized carbons (Fsp3) is 0.229. The molecule has 0 saturated carbocycles. The van der Waals surface area contributed by atoms with E-state index in [1.807, 2.05) is 6.07 Å². The van der Waals surface area contributed by atoms with E-state index in [-0.39, 0.29) is 0 Å². The maximum Gasteiger partial charge on any atom is 0.0920 e. The van der Waals surface area contributed by atoms with Crippen molar-refractivity contribution < 1.29 is 20.8 Å². The van der Waals surface area contributed by atoms with E-state index in [1.54, 1.807) is 20.7 Å². The molecule has 0 spiro atoms. The van der Waals surface area contributed by atoms with Gasteiger partial charge in [-0.2, -0.15) is 41.6 Å². The first-order valence-electron chi connectivity index (χ1n) is 27.7. The van der Waals surface area contributed by atoms with Crippen LogP contribution in [0.1, 0.15) is 25.0 Å². The Labute approximate surface area is 494 Å². The molecule has 8 heteroatoms.